The molecule has 1 aliphatic heterocycles. The van der Waals surface area contributed by atoms with Crippen molar-refractivity contribution < 1.29 is 14.6 Å². The lowest BCUT2D eigenvalue weighted by atomic mass is 10.3. The van der Waals surface area contributed by atoms with E-state index in [9.17, 15) is 5.11 Å². The van der Waals surface area contributed by atoms with Crippen LogP contribution >= 0.6 is 0 Å². The number of aliphatic hydroxyl groups excluding tert-OH is 1. The normalized spacial score (nSPS) is 18.9. The monoisotopic (exact) mass is 283 g/mol. The third-order valence-corrected chi connectivity index (χ3v) is 2.84. The fraction of sp³-hybridized carbons (Fsp3) is 0.750. The highest BCUT2D eigenvalue weighted by molar-refractivity contribution is 5.38. The van der Waals surface area contributed by atoms with Crippen molar-refractivity contribution in [3.63, 3.8) is 0 Å². The summed E-state index contributed by atoms with van der Waals surface area (Å²) < 4.78 is 10.8. The average Bonchev–Trinajstić information content (AvgIpc) is 2.48. The zero-order valence-electron chi connectivity index (χ0n) is 11.9. The number of anilines is 2. The number of nitrogens with one attached hydrogen (secondary N) is 1. The van der Waals surface area contributed by atoms with E-state index in [-0.39, 0.29) is 12.7 Å². The molecule has 1 atom stereocenters. The summed E-state index contributed by atoms with van der Waals surface area (Å²) in [6.07, 6.45) is -0.210. The van der Waals surface area contributed by atoms with Gasteiger partial charge in [-0.2, -0.15) is 15.0 Å². The van der Waals surface area contributed by atoms with Gasteiger partial charge in [0.1, 0.15) is 0 Å². The molecule has 1 aromatic heterocycles. The van der Waals surface area contributed by atoms with Gasteiger partial charge in [-0.15, -0.1) is 0 Å². The van der Waals surface area contributed by atoms with Crippen molar-refractivity contribution >= 4 is 11.9 Å². The largest absolute Gasteiger partial charge is 0.464 e. The second kappa shape index (κ2) is 7.20. The number of ether oxygens (including phenoxy) is 2. The van der Waals surface area contributed by atoms with Crippen LogP contribution in [0.15, 0.2) is 0 Å². The topological polar surface area (TPSA) is 92.6 Å². The molecule has 1 saturated heterocycles. The minimum Gasteiger partial charge on any atom is -0.464 e. The summed E-state index contributed by atoms with van der Waals surface area (Å²) in [5.41, 5.74) is 0. The van der Waals surface area contributed by atoms with E-state index in [1.165, 1.54) is 0 Å². The Morgan fingerprint density at radius 1 is 1.40 bits per heavy atom. The minimum atomic E-state index is -0.210. The number of rotatable bonds is 6. The molecule has 0 saturated carbocycles. The van der Waals surface area contributed by atoms with E-state index in [0.717, 1.165) is 6.54 Å². The molecule has 8 nitrogen and oxygen atoms in total. The molecule has 2 N–H and O–H groups in total. The molecule has 0 aliphatic carbocycles. The highest BCUT2D eigenvalue weighted by Gasteiger charge is 2.23. The lowest BCUT2D eigenvalue weighted by Gasteiger charge is -2.32. The fourth-order valence-corrected chi connectivity index (χ4v) is 1.93. The van der Waals surface area contributed by atoms with Crippen LogP contribution in [0.25, 0.3) is 0 Å². The summed E-state index contributed by atoms with van der Waals surface area (Å²) in [6, 6.07) is 0.306. The molecular weight excluding hydrogens is 262 g/mol. The molecule has 8 heteroatoms. The van der Waals surface area contributed by atoms with E-state index in [2.05, 4.69) is 20.3 Å². The fourth-order valence-electron chi connectivity index (χ4n) is 1.93. The van der Waals surface area contributed by atoms with Gasteiger partial charge in [-0.1, -0.05) is 0 Å². The third kappa shape index (κ3) is 3.67. The molecule has 112 valence electrons. The lowest BCUT2D eigenvalue weighted by Crippen LogP contribution is -2.45. The van der Waals surface area contributed by atoms with Gasteiger partial charge in [0.15, 0.2) is 0 Å². The Morgan fingerprint density at radius 3 is 2.95 bits per heavy atom. The quantitative estimate of drug-likeness (QED) is 0.747. The molecular formula is C12H21N5O3. The number of aromatic nitrogens is 3. The van der Waals surface area contributed by atoms with Gasteiger partial charge in [0.2, 0.25) is 11.9 Å². The van der Waals surface area contributed by atoms with Gasteiger partial charge in [0.25, 0.3) is 0 Å². The van der Waals surface area contributed by atoms with Crippen LogP contribution in [0.3, 0.4) is 0 Å². The first-order chi connectivity index (χ1) is 9.76. The van der Waals surface area contributed by atoms with Crippen LogP contribution in [-0.4, -0.2) is 65.6 Å². The van der Waals surface area contributed by atoms with Crippen LogP contribution in [0.4, 0.5) is 11.9 Å². The second-order valence-electron chi connectivity index (χ2n) is 4.33. The molecule has 0 spiro atoms. The van der Waals surface area contributed by atoms with E-state index in [4.69, 9.17) is 9.47 Å². The molecule has 0 radical (unpaired) electrons. The second-order valence-corrected chi connectivity index (χ2v) is 4.33. The SMILES string of the molecule is CCNc1nc(OCC)nc(N2CCOC(CO)C2)n1. The molecule has 1 aliphatic rings. The first-order valence-corrected chi connectivity index (χ1v) is 6.87. The van der Waals surface area contributed by atoms with Crippen molar-refractivity contribution in [3.05, 3.63) is 0 Å². The van der Waals surface area contributed by atoms with Crippen LogP contribution in [0.5, 0.6) is 6.01 Å². The Bertz CT molecular complexity index is 407. The van der Waals surface area contributed by atoms with Crippen molar-refractivity contribution in [1.29, 1.82) is 0 Å². The van der Waals surface area contributed by atoms with Crippen LogP contribution in [-0.2, 0) is 4.74 Å². The molecule has 0 aromatic carbocycles. The zero-order valence-corrected chi connectivity index (χ0v) is 11.9. The summed E-state index contributed by atoms with van der Waals surface area (Å²) in [6.45, 7) is 6.83. The molecule has 20 heavy (non-hydrogen) atoms. The zero-order chi connectivity index (χ0) is 14.4. The van der Waals surface area contributed by atoms with Crippen molar-refractivity contribution in [3.8, 4) is 6.01 Å². The first kappa shape index (κ1) is 14.7. The standard InChI is InChI=1S/C12H21N5O3/c1-3-13-10-14-11(16-12(15-10)19-4-2)17-5-6-20-9(7-17)8-18/h9,18H,3-8H2,1-2H3,(H,13,14,15,16). The van der Waals surface area contributed by atoms with Crippen molar-refractivity contribution in [1.82, 2.24) is 15.0 Å². The Balaban J connectivity index is 2.19. The Kier molecular flexibility index (Phi) is 5.31. The van der Waals surface area contributed by atoms with Crippen LogP contribution < -0.4 is 15.0 Å². The van der Waals surface area contributed by atoms with E-state index < -0.39 is 0 Å². The van der Waals surface area contributed by atoms with E-state index in [0.29, 0.717) is 44.2 Å². The van der Waals surface area contributed by atoms with E-state index in [1.807, 2.05) is 18.7 Å². The molecule has 2 heterocycles. The van der Waals surface area contributed by atoms with Crippen molar-refractivity contribution in [2.75, 3.05) is 49.7 Å². The number of nitrogens with zero attached hydrogens (tertiary/aromatic N) is 4. The molecule has 2 rings (SSSR count). The van der Waals surface area contributed by atoms with Crippen molar-refractivity contribution in [2.24, 2.45) is 0 Å². The first-order valence-electron chi connectivity index (χ1n) is 6.87. The highest BCUT2D eigenvalue weighted by atomic mass is 16.5. The number of hydrogen-bond donors (Lipinski definition) is 2. The summed E-state index contributed by atoms with van der Waals surface area (Å²) in [4.78, 5) is 14.8. The van der Waals surface area contributed by atoms with Crippen LogP contribution in [0.2, 0.25) is 0 Å². The highest BCUT2D eigenvalue weighted by Crippen LogP contribution is 2.17. The average molecular weight is 283 g/mol. The van der Waals surface area contributed by atoms with Gasteiger partial charge < -0.3 is 24.8 Å². The maximum Gasteiger partial charge on any atom is 0.323 e. The van der Waals surface area contributed by atoms with Gasteiger partial charge in [-0.25, -0.2) is 0 Å². The molecule has 1 aromatic rings. The predicted molar refractivity (Wildman–Crippen MR) is 74.2 cm³/mol. The Hall–Kier alpha value is -1.67. The van der Waals surface area contributed by atoms with Gasteiger partial charge in [0.05, 0.1) is 25.9 Å². The summed E-state index contributed by atoms with van der Waals surface area (Å²) in [5, 5.41) is 12.3. The van der Waals surface area contributed by atoms with Gasteiger partial charge >= 0.3 is 6.01 Å². The van der Waals surface area contributed by atoms with Gasteiger partial charge in [0, 0.05) is 19.6 Å². The maximum absolute atomic E-state index is 9.19. The van der Waals surface area contributed by atoms with Gasteiger partial charge in [-0.3, -0.25) is 0 Å². The summed E-state index contributed by atoms with van der Waals surface area (Å²) in [7, 11) is 0. The maximum atomic E-state index is 9.19. The van der Waals surface area contributed by atoms with E-state index in [1.54, 1.807) is 0 Å². The molecule has 0 bridgehead atoms. The lowest BCUT2D eigenvalue weighted by molar-refractivity contribution is 0.00310. The summed E-state index contributed by atoms with van der Waals surface area (Å²) >= 11 is 0. The number of morpholine rings is 1. The molecule has 1 fully saturated rings. The van der Waals surface area contributed by atoms with Crippen LogP contribution in [0.1, 0.15) is 13.8 Å². The predicted octanol–water partition coefficient (Wildman–Crippen LogP) is -0.100. The Labute approximate surface area is 118 Å². The smallest absolute Gasteiger partial charge is 0.323 e. The Morgan fingerprint density at radius 2 is 2.25 bits per heavy atom. The van der Waals surface area contributed by atoms with E-state index >= 15 is 0 Å². The minimum absolute atomic E-state index is 0.0139. The number of aliphatic hydroxyl groups is 1. The van der Waals surface area contributed by atoms with Crippen LogP contribution in [0, 0.1) is 0 Å². The van der Waals surface area contributed by atoms with Crippen molar-refractivity contribution in [2.45, 2.75) is 20.0 Å². The molecule has 1 unspecified atom stereocenters. The van der Waals surface area contributed by atoms with Gasteiger partial charge in [-0.05, 0) is 13.8 Å². The summed E-state index contributed by atoms with van der Waals surface area (Å²) in [5.74, 6) is 1.04. The molecule has 0 amide bonds. The third-order valence-electron chi connectivity index (χ3n) is 2.84. The number of hydrogen-bond acceptors (Lipinski definition) is 8.